The van der Waals surface area contributed by atoms with Crippen LogP contribution in [0.2, 0.25) is 0 Å². The number of hydrogen-bond acceptors (Lipinski definition) is 0. The van der Waals surface area contributed by atoms with Crippen LogP contribution >= 0.6 is 11.6 Å². The van der Waals surface area contributed by atoms with Crippen molar-refractivity contribution in [2.75, 3.05) is 0 Å². The summed E-state index contributed by atoms with van der Waals surface area (Å²) in [5.74, 6) is 0.0874. The molecule has 0 unspecified atom stereocenters. The van der Waals surface area contributed by atoms with Crippen LogP contribution in [0.3, 0.4) is 0 Å². The van der Waals surface area contributed by atoms with E-state index in [-0.39, 0.29) is 5.82 Å². The Morgan fingerprint density at radius 2 is 1.67 bits per heavy atom. The Hall–Kier alpha value is -1.34. The summed E-state index contributed by atoms with van der Waals surface area (Å²) in [6.45, 7) is 0. The highest BCUT2D eigenvalue weighted by Crippen LogP contribution is 2.22. The molecule has 0 saturated carbocycles. The number of halogens is 2. The minimum absolute atomic E-state index is 0.244. The van der Waals surface area contributed by atoms with Gasteiger partial charge in [-0.15, -0.1) is 11.6 Å². The number of alkyl halides is 1. The first kappa shape index (κ1) is 10.2. The van der Waals surface area contributed by atoms with Gasteiger partial charge >= 0.3 is 0 Å². The third-order valence-corrected chi connectivity index (χ3v) is 2.53. The zero-order chi connectivity index (χ0) is 10.7. The maximum Gasteiger partial charge on any atom is 0.124 e. The van der Waals surface area contributed by atoms with Gasteiger partial charge in [0.1, 0.15) is 5.82 Å². The molecule has 2 rings (SSSR count). The van der Waals surface area contributed by atoms with Crippen LogP contribution in [0, 0.1) is 5.82 Å². The van der Waals surface area contributed by atoms with Gasteiger partial charge in [-0.1, -0.05) is 30.3 Å². The third kappa shape index (κ3) is 2.37. The highest BCUT2D eigenvalue weighted by atomic mass is 35.5. The molecule has 76 valence electrons. The molecule has 0 amide bonds. The van der Waals surface area contributed by atoms with E-state index >= 15 is 0 Å². The van der Waals surface area contributed by atoms with E-state index in [0.29, 0.717) is 5.88 Å². The van der Waals surface area contributed by atoms with Crippen LogP contribution in [-0.4, -0.2) is 0 Å². The average Bonchev–Trinajstić information content (AvgIpc) is 2.29. The van der Waals surface area contributed by atoms with Crippen LogP contribution in [-0.2, 0) is 5.88 Å². The monoisotopic (exact) mass is 220 g/mol. The minimum Gasteiger partial charge on any atom is -0.207 e. The van der Waals surface area contributed by atoms with Gasteiger partial charge < -0.3 is 0 Å². The second-order valence-corrected chi connectivity index (χ2v) is 3.62. The van der Waals surface area contributed by atoms with Gasteiger partial charge in [0.15, 0.2) is 0 Å². The Balaban J connectivity index is 2.49. The lowest BCUT2D eigenvalue weighted by Gasteiger charge is -2.04. The first-order chi connectivity index (χ1) is 7.29. The molecule has 0 N–H and O–H groups in total. The minimum atomic E-state index is -0.244. The van der Waals surface area contributed by atoms with Crippen LogP contribution in [0.25, 0.3) is 11.1 Å². The molecule has 0 spiro atoms. The lowest BCUT2D eigenvalue weighted by molar-refractivity contribution is 0.627. The second-order valence-electron chi connectivity index (χ2n) is 3.35. The molecule has 0 aliphatic heterocycles. The Kier molecular flexibility index (Phi) is 3.02. The summed E-state index contributed by atoms with van der Waals surface area (Å²) in [5, 5.41) is 0. The first-order valence-electron chi connectivity index (χ1n) is 4.70. The molecule has 0 saturated heterocycles. The average molecular weight is 221 g/mol. The maximum atomic E-state index is 13.2. The first-order valence-corrected chi connectivity index (χ1v) is 5.24. The van der Waals surface area contributed by atoms with Crippen molar-refractivity contribution in [3.63, 3.8) is 0 Å². The Labute approximate surface area is 93.3 Å². The summed E-state index contributed by atoms with van der Waals surface area (Å²) in [7, 11) is 0. The van der Waals surface area contributed by atoms with E-state index in [1.807, 2.05) is 36.4 Å². The smallest absolute Gasteiger partial charge is 0.124 e. The van der Waals surface area contributed by atoms with Crippen molar-refractivity contribution in [3.8, 4) is 11.1 Å². The second kappa shape index (κ2) is 4.45. The Morgan fingerprint density at radius 1 is 0.933 bits per heavy atom. The van der Waals surface area contributed by atoms with Crippen molar-refractivity contribution in [3.05, 3.63) is 59.9 Å². The summed E-state index contributed by atoms with van der Waals surface area (Å²) in [6, 6.07) is 14.6. The van der Waals surface area contributed by atoms with Crippen molar-refractivity contribution in [2.45, 2.75) is 5.88 Å². The van der Waals surface area contributed by atoms with Gasteiger partial charge in [0.05, 0.1) is 0 Å². The summed E-state index contributed by atoms with van der Waals surface area (Å²) >= 11 is 5.69. The largest absolute Gasteiger partial charge is 0.207 e. The van der Waals surface area contributed by atoms with Crippen molar-refractivity contribution >= 4 is 11.6 Å². The predicted molar refractivity (Wildman–Crippen MR) is 61.4 cm³/mol. The summed E-state index contributed by atoms with van der Waals surface area (Å²) < 4.78 is 13.2. The summed E-state index contributed by atoms with van der Waals surface area (Å²) in [5.41, 5.74) is 2.67. The van der Waals surface area contributed by atoms with Crippen molar-refractivity contribution in [1.82, 2.24) is 0 Å². The lowest BCUT2D eigenvalue weighted by Crippen LogP contribution is -1.85. The number of rotatable bonds is 2. The standard InChI is InChI=1S/C13H10ClF/c14-9-10-6-12(8-13(15)7-10)11-4-2-1-3-5-11/h1-8H,9H2. The van der Waals surface area contributed by atoms with Crippen LogP contribution in [0.5, 0.6) is 0 Å². The highest BCUT2D eigenvalue weighted by molar-refractivity contribution is 6.17. The van der Waals surface area contributed by atoms with Gasteiger partial charge in [-0.3, -0.25) is 0 Å². The van der Waals surface area contributed by atoms with E-state index in [0.717, 1.165) is 16.7 Å². The number of benzene rings is 2. The van der Waals surface area contributed by atoms with Crippen molar-refractivity contribution < 1.29 is 4.39 Å². The quantitative estimate of drug-likeness (QED) is 0.665. The van der Waals surface area contributed by atoms with E-state index in [1.54, 1.807) is 0 Å². The summed E-state index contributed by atoms with van der Waals surface area (Å²) in [6.07, 6.45) is 0. The zero-order valence-corrected chi connectivity index (χ0v) is 8.84. The van der Waals surface area contributed by atoms with Gasteiger partial charge in [-0.2, -0.15) is 0 Å². The highest BCUT2D eigenvalue weighted by Gasteiger charge is 2.01. The molecular formula is C13H10ClF. The van der Waals surface area contributed by atoms with E-state index in [9.17, 15) is 4.39 Å². The van der Waals surface area contributed by atoms with Gasteiger partial charge in [0.2, 0.25) is 0 Å². The fourth-order valence-electron chi connectivity index (χ4n) is 1.52. The molecular weight excluding hydrogens is 211 g/mol. The van der Waals surface area contributed by atoms with Crippen LogP contribution in [0.4, 0.5) is 4.39 Å². The fraction of sp³-hybridized carbons (Fsp3) is 0.0769. The molecule has 0 aliphatic rings. The molecule has 0 fully saturated rings. The van der Waals surface area contributed by atoms with E-state index in [2.05, 4.69) is 0 Å². The van der Waals surface area contributed by atoms with Gasteiger partial charge in [0.25, 0.3) is 0 Å². The van der Waals surface area contributed by atoms with Gasteiger partial charge in [-0.25, -0.2) is 4.39 Å². The summed E-state index contributed by atoms with van der Waals surface area (Å²) in [4.78, 5) is 0. The van der Waals surface area contributed by atoms with E-state index in [1.165, 1.54) is 12.1 Å². The molecule has 0 nitrogen and oxygen atoms in total. The molecule has 2 aromatic rings. The van der Waals surface area contributed by atoms with Gasteiger partial charge in [-0.05, 0) is 34.9 Å². The van der Waals surface area contributed by atoms with E-state index in [4.69, 9.17) is 11.6 Å². The molecule has 0 atom stereocenters. The lowest BCUT2D eigenvalue weighted by atomic mass is 10.0. The van der Waals surface area contributed by atoms with Crippen LogP contribution < -0.4 is 0 Å². The number of hydrogen-bond donors (Lipinski definition) is 0. The third-order valence-electron chi connectivity index (χ3n) is 2.22. The Morgan fingerprint density at radius 3 is 2.33 bits per heavy atom. The molecule has 0 bridgehead atoms. The SMILES string of the molecule is Fc1cc(CCl)cc(-c2ccccc2)c1. The molecule has 0 aromatic heterocycles. The predicted octanol–water partition coefficient (Wildman–Crippen LogP) is 4.23. The molecule has 0 aliphatic carbocycles. The molecule has 2 heteroatoms. The van der Waals surface area contributed by atoms with E-state index < -0.39 is 0 Å². The molecule has 2 aromatic carbocycles. The molecule has 0 heterocycles. The van der Waals surface area contributed by atoms with Crippen molar-refractivity contribution in [1.29, 1.82) is 0 Å². The Bertz CT molecular complexity index is 451. The maximum absolute atomic E-state index is 13.2. The van der Waals surface area contributed by atoms with Crippen LogP contribution in [0.15, 0.2) is 48.5 Å². The molecule has 0 radical (unpaired) electrons. The zero-order valence-electron chi connectivity index (χ0n) is 8.08. The van der Waals surface area contributed by atoms with Crippen LogP contribution in [0.1, 0.15) is 5.56 Å². The van der Waals surface area contributed by atoms with Crippen molar-refractivity contribution in [2.24, 2.45) is 0 Å². The topological polar surface area (TPSA) is 0 Å². The fourth-order valence-corrected chi connectivity index (χ4v) is 1.68. The molecule has 15 heavy (non-hydrogen) atoms. The normalized spacial score (nSPS) is 10.3. The van der Waals surface area contributed by atoms with Gasteiger partial charge in [0, 0.05) is 5.88 Å².